The van der Waals surface area contributed by atoms with Gasteiger partial charge in [-0.25, -0.2) is 17.2 Å². The number of carboxylic acid groups (broad SMARTS) is 1. The largest absolute Gasteiger partial charge is 0.481 e. The lowest BCUT2D eigenvalue weighted by molar-refractivity contribution is -0.187. The summed E-state index contributed by atoms with van der Waals surface area (Å²) in [6, 6.07) is 0.977. The Morgan fingerprint density at radius 2 is 1.79 bits per heavy atom. The van der Waals surface area contributed by atoms with Crippen molar-refractivity contribution in [3.05, 3.63) is 29.3 Å². The molecule has 1 fully saturated rings. The molecule has 2 atom stereocenters. The number of benzene rings is 1. The fourth-order valence-corrected chi connectivity index (χ4v) is 4.14. The SMILES string of the molecule is Cc1cc(S(=O)(=O)N2C[C@@H](C(F)(F)F)[C@H](C(=O)O)C2)c(F)cc1F. The number of alkyl halides is 3. The molecule has 1 aliphatic rings. The summed E-state index contributed by atoms with van der Waals surface area (Å²) in [7, 11) is -4.74. The van der Waals surface area contributed by atoms with E-state index in [2.05, 4.69) is 0 Å². The highest BCUT2D eigenvalue weighted by molar-refractivity contribution is 7.89. The molecule has 0 aromatic heterocycles. The molecule has 1 aromatic rings. The third-order valence-electron chi connectivity index (χ3n) is 3.85. The van der Waals surface area contributed by atoms with Gasteiger partial charge in [0.1, 0.15) is 16.5 Å². The topological polar surface area (TPSA) is 74.7 Å². The molecule has 1 aromatic carbocycles. The smallest absolute Gasteiger partial charge is 0.393 e. The Labute approximate surface area is 133 Å². The second kappa shape index (κ2) is 5.96. The fraction of sp³-hybridized carbons (Fsp3) is 0.462. The summed E-state index contributed by atoms with van der Waals surface area (Å²) in [6.45, 7) is -0.924. The van der Waals surface area contributed by atoms with Gasteiger partial charge in [-0.05, 0) is 18.6 Å². The van der Waals surface area contributed by atoms with Crippen LogP contribution < -0.4 is 0 Å². The van der Waals surface area contributed by atoms with Crippen molar-refractivity contribution in [2.45, 2.75) is 18.0 Å². The molecule has 0 bridgehead atoms. The van der Waals surface area contributed by atoms with Crippen LogP contribution in [0.5, 0.6) is 0 Å². The number of hydrogen-bond donors (Lipinski definition) is 1. The van der Waals surface area contributed by atoms with Crippen molar-refractivity contribution >= 4 is 16.0 Å². The summed E-state index contributed by atoms with van der Waals surface area (Å²) < 4.78 is 90.8. The summed E-state index contributed by atoms with van der Waals surface area (Å²) in [5.74, 6) is -8.67. The number of sulfonamides is 1. The first-order valence-electron chi connectivity index (χ1n) is 6.61. The average molecular weight is 373 g/mol. The molecule has 0 spiro atoms. The molecule has 24 heavy (non-hydrogen) atoms. The van der Waals surface area contributed by atoms with Crippen LogP contribution in [0.2, 0.25) is 0 Å². The van der Waals surface area contributed by atoms with Crippen LogP contribution in [0.3, 0.4) is 0 Å². The summed E-state index contributed by atoms with van der Waals surface area (Å²) >= 11 is 0. The predicted molar refractivity (Wildman–Crippen MR) is 70.5 cm³/mol. The maximum Gasteiger partial charge on any atom is 0.393 e. The number of nitrogens with zero attached hydrogens (tertiary/aromatic N) is 1. The molecule has 0 aliphatic carbocycles. The first-order valence-corrected chi connectivity index (χ1v) is 8.05. The summed E-state index contributed by atoms with van der Waals surface area (Å²) in [5, 5.41) is 8.89. The van der Waals surface area contributed by atoms with Gasteiger partial charge < -0.3 is 5.11 Å². The minimum atomic E-state index is -4.93. The Morgan fingerprint density at radius 1 is 1.21 bits per heavy atom. The monoisotopic (exact) mass is 373 g/mol. The van der Waals surface area contributed by atoms with Gasteiger partial charge in [-0.15, -0.1) is 0 Å². The van der Waals surface area contributed by atoms with E-state index in [1.807, 2.05) is 0 Å². The van der Waals surface area contributed by atoms with Crippen molar-refractivity contribution in [1.29, 1.82) is 0 Å². The number of hydrogen-bond acceptors (Lipinski definition) is 3. The van der Waals surface area contributed by atoms with Crippen LogP contribution in [-0.2, 0) is 14.8 Å². The molecule has 0 radical (unpaired) electrons. The molecule has 1 N–H and O–H groups in total. The van der Waals surface area contributed by atoms with E-state index >= 15 is 0 Å². The summed E-state index contributed by atoms with van der Waals surface area (Å²) in [4.78, 5) is 10.00. The van der Waals surface area contributed by atoms with Crippen LogP contribution in [0.4, 0.5) is 22.0 Å². The van der Waals surface area contributed by atoms with Crippen molar-refractivity contribution in [3.8, 4) is 0 Å². The van der Waals surface area contributed by atoms with Crippen molar-refractivity contribution in [3.63, 3.8) is 0 Å². The molecule has 1 aliphatic heterocycles. The molecule has 0 amide bonds. The lowest BCUT2D eigenvalue weighted by Gasteiger charge is -2.19. The van der Waals surface area contributed by atoms with Crippen molar-refractivity contribution in [2.75, 3.05) is 13.1 Å². The van der Waals surface area contributed by atoms with E-state index in [-0.39, 0.29) is 9.87 Å². The van der Waals surface area contributed by atoms with E-state index in [0.717, 1.165) is 6.92 Å². The Morgan fingerprint density at radius 3 is 2.25 bits per heavy atom. The van der Waals surface area contributed by atoms with Crippen LogP contribution in [-0.4, -0.2) is 43.1 Å². The van der Waals surface area contributed by atoms with Gasteiger partial charge in [0.2, 0.25) is 10.0 Å². The van der Waals surface area contributed by atoms with Gasteiger partial charge in [0.25, 0.3) is 0 Å². The zero-order valence-corrected chi connectivity index (χ0v) is 13.0. The molecular formula is C13H12F5NO4S. The maximum atomic E-state index is 13.8. The van der Waals surface area contributed by atoms with Crippen LogP contribution in [0.15, 0.2) is 17.0 Å². The number of rotatable bonds is 3. The number of halogens is 5. The molecule has 134 valence electrons. The first kappa shape index (κ1) is 18.6. The van der Waals surface area contributed by atoms with Gasteiger partial charge in [0.15, 0.2) is 0 Å². The third kappa shape index (κ3) is 3.22. The minimum Gasteiger partial charge on any atom is -0.481 e. The van der Waals surface area contributed by atoms with Crippen molar-refractivity contribution < 1.29 is 40.3 Å². The quantitative estimate of drug-likeness (QED) is 0.824. The molecule has 5 nitrogen and oxygen atoms in total. The van der Waals surface area contributed by atoms with Crippen LogP contribution in [0.1, 0.15) is 5.56 Å². The lowest BCUT2D eigenvalue weighted by atomic mass is 9.96. The molecule has 11 heteroatoms. The molecule has 1 saturated heterocycles. The zero-order valence-electron chi connectivity index (χ0n) is 12.1. The lowest BCUT2D eigenvalue weighted by Crippen LogP contribution is -2.34. The second-order valence-corrected chi connectivity index (χ2v) is 7.35. The maximum absolute atomic E-state index is 13.8. The van der Waals surface area contributed by atoms with E-state index in [1.165, 1.54) is 0 Å². The number of carboxylic acids is 1. The third-order valence-corrected chi connectivity index (χ3v) is 5.70. The minimum absolute atomic E-state index is 0.212. The van der Waals surface area contributed by atoms with Crippen LogP contribution in [0.25, 0.3) is 0 Å². The van der Waals surface area contributed by atoms with E-state index in [4.69, 9.17) is 5.11 Å². The Hall–Kier alpha value is -1.75. The van der Waals surface area contributed by atoms with Crippen LogP contribution >= 0.6 is 0 Å². The number of carbonyl (C=O) groups is 1. The van der Waals surface area contributed by atoms with Gasteiger partial charge in [-0.2, -0.15) is 17.5 Å². The molecule has 0 saturated carbocycles. The summed E-state index contributed by atoms with van der Waals surface area (Å²) in [6.07, 6.45) is -4.93. The Kier molecular flexibility index (Phi) is 4.61. The highest BCUT2D eigenvalue weighted by Crippen LogP contribution is 2.40. The number of aliphatic carboxylic acids is 1. The number of aryl methyl sites for hydroxylation is 1. The van der Waals surface area contributed by atoms with Gasteiger partial charge in [-0.1, -0.05) is 0 Å². The van der Waals surface area contributed by atoms with Gasteiger partial charge >= 0.3 is 12.1 Å². The van der Waals surface area contributed by atoms with E-state index in [1.54, 1.807) is 0 Å². The van der Waals surface area contributed by atoms with Crippen molar-refractivity contribution in [2.24, 2.45) is 11.8 Å². The Bertz CT molecular complexity index is 777. The molecule has 1 heterocycles. The van der Waals surface area contributed by atoms with Gasteiger partial charge in [-0.3, -0.25) is 4.79 Å². The molecular weight excluding hydrogens is 361 g/mol. The van der Waals surface area contributed by atoms with E-state index in [0.29, 0.717) is 12.1 Å². The van der Waals surface area contributed by atoms with Gasteiger partial charge in [0.05, 0.1) is 11.8 Å². The molecule has 0 unspecified atom stereocenters. The van der Waals surface area contributed by atoms with Crippen LogP contribution in [0, 0.1) is 30.4 Å². The zero-order chi connectivity index (χ0) is 18.4. The molecule has 2 rings (SSSR count). The average Bonchev–Trinajstić information content (AvgIpc) is 2.88. The standard InChI is InChI=1S/C13H12F5NO4S/c1-6-2-11(10(15)3-9(6)14)24(22,23)19-4-7(12(20)21)8(5-19)13(16,17)18/h2-3,7-8H,4-5H2,1H3,(H,20,21)/t7-,8-/m1/s1. The highest BCUT2D eigenvalue weighted by Gasteiger charge is 2.55. The van der Waals surface area contributed by atoms with E-state index < -0.39 is 63.6 Å². The highest BCUT2D eigenvalue weighted by atomic mass is 32.2. The first-order chi connectivity index (χ1) is 10.9. The van der Waals surface area contributed by atoms with Crippen molar-refractivity contribution in [1.82, 2.24) is 4.31 Å². The van der Waals surface area contributed by atoms with Gasteiger partial charge in [0, 0.05) is 19.2 Å². The van der Waals surface area contributed by atoms with E-state index in [9.17, 15) is 35.2 Å². The summed E-state index contributed by atoms with van der Waals surface area (Å²) in [5.41, 5.74) is -0.212. The fourth-order valence-electron chi connectivity index (χ4n) is 2.51. The normalized spacial score (nSPS) is 22.8. The predicted octanol–water partition coefficient (Wildman–Crippen LogP) is 2.16. The second-order valence-electron chi connectivity index (χ2n) is 5.45. The Balaban J connectivity index is 2.45.